The lowest BCUT2D eigenvalue weighted by Crippen LogP contribution is -2.53. The molecule has 3 heterocycles. The number of carbonyl (C=O) groups excluding carboxylic acids is 2. The number of carbonyl (C=O) groups is 2. The van der Waals surface area contributed by atoms with Gasteiger partial charge in [-0.15, -0.1) is 0 Å². The highest BCUT2D eigenvalue weighted by Gasteiger charge is 2.46. The van der Waals surface area contributed by atoms with Crippen LogP contribution in [0.25, 0.3) is 11.3 Å². The molecule has 1 spiro atoms. The Morgan fingerprint density at radius 3 is 2.67 bits per heavy atom. The summed E-state index contributed by atoms with van der Waals surface area (Å²) in [7, 11) is 0. The maximum absolute atomic E-state index is 12.7. The van der Waals surface area contributed by atoms with E-state index in [0.717, 1.165) is 24.1 Å². The zero-order valence-electron chi connectivity index (χ0n) is 13.5. The van der Waals surface area contributed by atoms with Crippen molar-refractivity contribution >= 4 is 11.7 Å². The van der Waals surface area contributed by atoms with Crippen molar-refractivity contribution in [2.24, 2.45) is 0 Å². The maximum atomic E-state index is 12.7. The van der Waals surface area contributed by atoms with Crippen LogP contribution in [-0.4, -0.2) is 46.9 Å². The minimum absolute atomic E-state index is 0.0365. The molecule has 1 amide bonds. The van der Waals surface area contributed by atoms with Crippen molar-refractivity contribution < 1.29 is 14.3 Å². The Labute approximate surface area is 140 Å². The third-order valence-corrected chi connectivity index (χ3v) is 5.02. The van der Waals surface area contributed by atoms with Crippen LogP contribution in [0.2, 0.25) is 0 Å². The van der Waals surface area contributed by atoms with E-state index in [4.69, 9.17) is 4.74 Å². The van der Waals surface area contributed by atoms with Crippen LogP contribution < -0.4 is 0 Å². The van der Waals surface area contributed by atoms with Crippen LogP contribution in [0.3, 0.4) is 0 Å². The third kappa shape index (κ3) is 2.55. The van der Waals surface area contributed by atoms with Crippen molar-refractivity contribution in [3.63, 3.8) is 0 Å². The number of ether oxygens (including phenoxy) is 1. The summed E-state index contributed by atoms with van der Waals surface area (Å²) >= 11 is 0. The van der Waals surface area contributed by atoms with Gasteiger partial charge in [-0.05, 0) is 30.5 Å². The first-order valence-electron chi connectivity index (χ1n) is 8.39. The van der Waals surface area contributed by atoms with Gasteiger partial charge in [-0.25, -0.2) is 0 Å². The molecule has 4 rings (SSSR count). The fourth-order valence-corrected chi connectivity index (χ4v) is 3.62. The predicted molar refractivity (Wildman–Crippen MR) is 89.7 cm³/mol. The first-order valence-corrected chi connectivity index (χ1v) is 8.39. The number of hydrogen-bond donors (Lipinski definition) is 1. The number of nitrogens with one attached hydrogen (secondary N) is 1. The van der Waals surface area contributed by atoms with Gasteiger partial charge in [-0.1, -0.05) is 30.3 Å². The number of aromatic amines is 1. The average molecular weight is 324 g/mol. The van der Waals surface area contributed by atoms with Crippen molar-refractivity contribution in [1.29, 1.82) is 0 Å². The zero-order chi connectivity index (χ0) is 16.6. The number of aromatic nitrogens is 1. The van der Waals surface area contributed by atoms with Gasteiger partial charge in [-0.3, -0.25) is 9.59 Å². The standard InChI is InChI=1S/C19H20N2O3/c22-17-13-21(11-10-19(17)9-4-12-24-19)18(23)16-8-7-15(20-16)14-5-2-1-3-6-14/h1-3,5-8,20H,4,9-13H2/t19-/m0/s1. The Morgan fingerprint density at radius 2 is 1.96 bits per heavy atom. The highest BCUT2D eigenvalue weighted by molar-refractivity contribution is 5.99. The normalized spacial score (nSPS) is 23.8. The molecule has 0 bridgehead atoms. The minimum atomic E-state index is -0.623. The van der Waals surface area contributed by atoms with Crippen molar-refractivity contribution in [2.75, 3.05) is 19.7 Å². The smallest absolute Gasteiger partial charge is 0.270 e. The van der Waals surface area contributed by atoms with E-state index in [9.17, 15) is 9.59 Å². The van der Waals surface area contributed by atoms with Crippen LogP contribution >= 0.6 is 0 Å². The number of piperidine rings is 1. The molecule has 24 heavy (non-hydrogen) atoms. The van der Waals surface area contributed by atoms with E-state index in [1.54, 1.807) is 11.0 Å². The molecule has 0 saturated carbocycles. The van der Waals surface area contributed by atoms with Crippen LogP contribution in [0, 0.1) is 0 Å². The third-order valence-electron chi connectivity index (χ3n) is 5.02. The van der Waals surface area contributed by atoms with E-state index in [1.807, 2.05) is 36.4 Å². The zero-order valence-corrected chi connectivity index (χ0v) is 13.5. The Morgan fingerprint density at radius 1 is 1.12 bits per heavy atom. The number of rotatable bonds is 2. The average Bonchev–Trinajstić information content (AvgIpc) is 3.28. The van der Waals surface area contributed by atoms with Crippen LogP contribution in [0.5, 0.6) is 0 Å². The number of amides is 1. The molecule has 1 aromatic carbocycles. The van der Waals surface area contributed by atoms with Gasteiger partial charge < -0.3 is 14.6 Å². The van der Waals surface area contributed by atoms with Crippen LogP contribution in [0.1, 0.15) is 29.8 Å². The van der Waals surface area contributed by atoms with Gasteiger partial charge in [0, 0.05) is 25.3 Å². The molecule has 2 saturated heterocycles. The van der Waals surface area contributed by atoms with E-state index in [-0.39, 0.29) is 18.2 Å². The number of ketones is 1. The SMILES string of the molecule is O=C(c1ccc(-c2ccccc2)[nH]1)N1CC[C@@]2(CCCO2)C(=O)C1. The van der Waals surface area contributed by atoms with Gasteiger partial charge in [0.1, 0.15) is 11.3 Å². The summed E-state index contributed by atoms with van der Waals surface area (Å²) < 4.78 is 5.69. The van der Waals surface area contributed by atoms with E-state index < -0.39 is 5.60 Å². The second-order valence-electron chi connectivity index (χ2n) is 6.50. The van der Waals surface area contributed by atoms with Crippen LogP contribution in [-0.2, 0) is 9.53 Å². The van der Waals surface area contributed by atoms with Gasteiger partial charge in [-0.2, -0.15) is 0 Å². The quantitative estimate of drug-likeness (QED) is 0.924. The molecule has 1 aromatic heterocycles. The Hall–Kier alpha value is -2.40. The van der Waals surface area contributed by atoms with Gasteiger partial charge in [0.15, 0.2) is 5.78 Å². The molecule has 2 aliphatic heterocycles. The highest BCUT2D eigenvalue weighted by atomic mass is 16.5. The number of hydrogen-bond acceptors (Lipinski definition) is 3. The summed E-state index contributed by atoms with van der Waals surface area (Å²) in [5.41, 5.74) is 1.83. The monoisotopic (exact) mass is 324 g/mol. The van der Waals surface area contributed by atoms with Gasteiger partial charge >= 0.3 is 0 Å². The topological polar surface area (TPSA) is 62.4 Å². The second-order valence-corrected chi connectivity index (χ2v) is 6.50. The lowest BCUT2D eigenvalue weighted by Gasteiger charge is -2.36. The summed E-state index contributed by atoms with van der Waals surface area (Å²) in [6.07, 6.45) is 2.31. The van der Waals surface area contributed by atoms with Crippen molar-refractivity contribution in [3.8, 4) is 11.3 Å². The molecule has 0 radical (unpaired) electrons. The molecule has 2 aliphatic rings. The first kappa shape index (κ1) is 15.1. The summed E-state index contributed by atoms with van der Waals surface area (Å²) in [6.45, 7) is 1.35. The molecule has 0 unspecified atom stereocenters. The Kier molecular flexibility index (Phi) is 3.73. The summed E-state index contributed by atoms with van der Waals surface area (Å²) in [5.74, 6) is -0.0900. The van der Waals surface area contributed by atoms with Gasteiger partial charge in [0.2, 0.25) is 0 Å². The molecule has 1 atom stereocenters. The molecular formula is C19H20N2O3. The number of nitrogens with zero attached hydrogens (tertiary/aromatic N) is 1. The molecule has 5 heteroatoms. The molecule has 2 aromatic rings. The largest absolute Gasteiger partial charge is 0.367 e. The van der Waals surface area contributed by atoms with Crippen molar-refractivity contribution in [3.05, 3.63) is 48.2 Å². The Balaban J connectivity index is 1.49. The highest BCUT2D eigenvalue weighted by Crippen LogP contribution is 2.33. The second kappa shape index (κ2) is 5.91. The number of Topliss-reactive ketones (excluding diaryl/α,β-unsaturated/α-hetero) is 1. The summed E-state index contributed by atoms with van der Waals surface area (Å²) in [6, 6.07) is 13.5. The molecule has 0 aliphatic carbocycles. The fraction of sp³-hybridized carbons (Fsp3) is 0.368. The summed E-state index contributed by atoms with van der Waals surface area (Å²) in [4.78, 5) is 29.9. The number of likely N-dealkylation sites (tertiary alicyclic amines) is 1. The molecule has 124 valence electrons. The first-order chi connectivity index (χ1) is 11.7. The lowest BCUT2D eigenvalue weighted by molar-refractivity contribution is -0.144. The van der Waals surface area contributed by atoms with E-state index in [2.05, 4.69) is 4.98 Å². The fourth-order valence-electron chi connectivity index (χ4n) is 3.62. The van der Waals surface area contributed by atoms with Crippen molar-refractivity contribution in [2.45, 2.75) is 24.9 Å². The predicted octanol–water partition coefficient (Wildman–Crippen LogP) is 2.65. The van der Waals surface area contributed by atoms with E-state index in [1.165, 1.54) is 0 Å². The van der Waals surface area contributed by atoms with Gasteiger partial charge in [0.05, 0.1) is 6.54 Å². The lowest BCUT2D eigenvalue weighted by atomic mass is 9.87. The maximum Gasteiger partial charge on any atom is 0.270 e. The van der Waals surface area contributed by atoms with Crippen LogP contribution in [0.4, 0.5) is 0 Å². The summed E-state index contributed by atoms with van der Waals surface area (Å²) in [5, 5.41) is 0. The van der Waals surface area contributed by atoms with Crippen molar-refractivity contribution in [1.82, 2.24) is 9.88 Å². The number of H-pyrrole nitrogens is 1. The van der Waals surface area contributed by atoms with E-state index in [0.29, 0.717) is 25.3 Å². The van der Waals surface area contributed by atoms with Crippen LogP contribution in [0.15, 0.2) is 42.5 Å². The Bertz CT molecular complexity index is 760. The molecule has 1 N–H and O–H groups in total. The minimum Gasteiger partial charge on any atom is -0.367 e. The van der Waals surface area contributed by atoms with E-state index >= 15 is 0 Å². The molecule has 2 fully saturated rings. The number of benzene rings is 1. The molecule has 5 nitrogen and oxygen atoms in total. The van der Waals surface area contributed by atoms with Gasteiger partial charge in [0.25, 0.3) is 5.91 Å². The molecular weight excluding hydrogens is 304 g/mol.